The first-order valence-corrected chi connectivity index (χ1v) is 11.6. The molecule has 8 atom stereocenters. The molecular weight excluding hydrogens is 388 g/mol. The number of Topliss-reactive ketones (excluding diaryl/α,β-unsaturated/α-hetero) is 1. The number of aliphatic hydroxyl groups is 1. The lowest BCUT2D eigenvalue weighted by Crippen LogP contribution is -2.57. The Morgan fingerprint density at radius 3 is 2.69 bits per heavy atom. The van der Waals surface area contributed by atoms with Crippen LogP contribution in [0.2, 0.25) is 0 Å². The minimum absolute atomic E-state index is 0. The summed E-state index contributed by atoms with van der Waals surface area (Å²) < 4.78 is 0. The average molecular weight is 425 g/mol. The lowest BCUT2D eigenvalue weighted by Gasteiger charge is -2.60. The molecule has 1 heterocycles. The number of hydrogen-bond donors (Lipinski definition) is 2. The summed E-state index contributed by atoms with van der Waals surface area (Å²) in [5.74, 6) is 2.41. The number of nitrogens with one attached hydrogen (secondary N) is 1. The van der Waals surface area contributed by atoms with E-state index in [2.05, 4.69) is 24.3 Å². The molecule has 1 unspecified atom stereocenters. The Kier molecular flexibility index (Phi) is 5.80. The van der Waals surface area contributed by atoms with Crippen molar-refractivity contribution < 1.29 is 14.7 Å². The van der Waals surface area contributed by atoms with Crippen LogP contribution in [-0.4, -0.2) is 41.9 Å². The van der Waals surface area contributed by atoms with Crippen molar-refractivity contribution in [1.82, 2.24) is 5.32 Å². The third-order valence-electron chi connectivity index (χ3n) is 9.57. The zero-order valence-electron chi connectivity index (χ0n) is 17.9. The molecule has 5 fully saturated rings. The van der Waals surface area contributed by atoms with Crippen LogP contribution in [0.5, 0.6) is 0 Å². The minimum Gasteiger partial charge on any atom is -0.393 e. The van der Waals surface area contributed by atoms with Crippen LogP contribution in [0.15, 0.2) is 5.16 Å². The van der Waals surface area contributed by atoms with Gasteiger partial charge in [0.25, 0.3) is 0 Å². The second kappa shape index (κ2) is 7.80. The molecule has 164 valence electrons. The molecule has 1 aliphatic heterocycles. The first-order chi connectivity index (χ1) is 13.4. The van der Waals surface area contributed by atoms with Crippen molar-refractivity contribution in [2.45, 2.75) is 83.8 Å². The number of oxime groups is 1. The van der Waals surface area contributed by atoms with Gasteiger partial charge in [-0.15, -0.1) is 12.4 Å². The average Bonchev–Trinajstić information content (AvgIpc) is 3.29. The van der Waals surface area contributed by atoms with Gasteiger partial charge in [0.15, 0.2) is 0 Å². The predicted octanol–water partition coefficient (Wildman–Crippen LogP) is 3.73. The number of carbonyl (C=O) groups excluding carboxylic acids is 1. The molecule has 0 aromatic heterocycles. The molecule has 0 spiro atoms. The summed E-state index contributed by atoms with van der Waals surface area (Å²) in [5.41, 5.74) is 1.20. The quantitative estimate of drug-likeness (QED) is 0.662. The molecule has 5 aliphatic rings. The van der Waals surface area contributed by atoms with Crippen LogP contribution >= 0.6 is 12.4 Å². The topological polar surface area (TPSA) is 70.9 Å². The van der Waals surface area contributed by atoms with Crippen molar-refractivity contribution in [2.75, 3.05) is 13.1 Å². The number of rotatable bonds is 2. The maximum absolute atomic E-state index is 12.6. The molecule has 4 saturated carbocycles. The molecule has 5 rings (SSSR count). The second-order valence-electron chi connectivity index (χ2n) is 10.8. The van der Waals surface area contributed by atoms with Crippen molar-refractivity contribution in [3.05, 3.63) is 0 Å². The fraction of sp³-hybridized carbons (Fsp3) is 0.913. The summed E-state index contributed by atoms with van der Waals surface area (Å²) in [6.45, 7) is 6.55. The van der Waals surface area contributed by atoms with Gasteiger partial charge in [0.05, 0.1) is 11.8 Å². The zero-order chi connectivity index (χ0) is 19.5. The highest BCUT2D eigenvalue weighted by Crippen LogP contribution is 2.65. The van der Waals surface area contributed by atoms with E-state index in [0.717, 1.165) is 76.6 Å². The largest absolute Gasteiger partial charge is 0.393 e. The van der Waals surface area contributed by atoms with E-state index >= 15 is 0 Å². The van der Waals surface area contributed by atoms with Crippen LogP contribution in [-0.2, 0) is 9.63 Å². The van der Waals surface area contributed by atoms with E-state index in [1.165, 1.54) is 0 Å². The highest BCUT2D eigenvalue weighted by atomic mass is 35.5. The van der Waals surface area contributed by atoms with Gasteiger partial charge in [0, 0.05) is 24.8 Å². The standard InChI is InChI=1S/C23H36N2O3.ClH/c1-22-8-5-14(25-28-15-7-10-24-13-15)11-19(22)20(26)12-16-17-3-4-21(27)23(17,2)9-6-18(16)22;/h15-20,24,26H,3-13H2,1-2H3;1H/b25-14+;/t15-,16+,17+,18+,19?,20+,22-,23+;/m1./s1. The first-order valence-electron chi connectivity index (χ1n) is 11.6. The van der Waals surface area contributed by atoms with Crippen LogP contribution in [0.4, 0.5) is 0 Å². The molecule has 0 amide bonds. The van der Waals surface area contributed by atoms with E-state index in [1.807, 2.05) is 0 Å². The Hall–Kier alpha value is -0.650. The summed E-state index contributed by atoms with van der Waals surface area (Å²) in [4.78, 5) is 18.4. The van der Waals surface area contributed by atoms with Gasteiger partial charge in [-0.25, -0.2) is 0 Å². The molecule has 0 aromatic carbocycles. The van der Waals surface area contributed by atoms with E-state index in [0.29, 0.717) is 23.5 Å². The van der Waals surface area contributed by atoms with E-state index < -0.39 is 0 Å². The summed E-state index contributed by atoms with van der Waals surface area (Å²) >= 11 is 0. The van der Waals surface area contributed by atoms with E-state index in [9.17, 15) is 9.90 Å². The van der Waals surface area contributed by atoms with Gasteiger partial charge in [-0.2, -0.15) is 0 Å². The maximum Gasteiger partial charge on any atom is 0.141 e. The maximum atomic E-state index is 12.6. The van der Waals surface area contributed by atoms with Gasteiger partial charge in [-0.05, 0) is 80.6 Å². The van der Waals surface area contributed by atoms with Crippen LogP contribution in [0.1, 0.15) is 71.6 Å². The number of ketones is 1. The summed E-state index contributed by atoms with van der Waals surface area (Å²) in [5, 5.41) is 19.0. The number of carbonyl (C=O) groups is 1. The van der Waals surface area contributed by atoms with Crippen molar-refractivity contribution in [3.8, 4) is 0 Å². The Bertz CT molecular complexity index is 679. The van der Waals surface area contributed by atoms with E-state index in [-0.39, 0.29) is 41.4 Å². The number of hydrogen-bond acceptors (Lipinski definition) is 5. The molecular formula is C23H37ClN2O3. The molecule has 4 aliphatic carbocycles. The number of halogens is 1. The highest BCUT2D eigenvalue weighted by molar-refractivity contribution is 5.87. The first kappa shape index (κ1) is 21.6. The Morgan fingerprint density at radius 2 is 1.93 bits per heavy atom. The SMILES string of the molecule is C[C@]12CC/C(=N\O[C@@H]3CCNC3)CC1[C@@H](O)C[C@@H]1[C@@H]2CC[C@]2(C)C(=O)CC[C@@H]12.Cl. The Balaban J connectivity index is 0.00000205. The van der Waals surface area contributed by atoms with Crippen LogP contribution in [0.25, 0.3) is 0 Å². The zero-order valence-corrected chi connectivity index (χ0v) is 18.7. The van der Waals surface area contributed by atoms with Crippen LogP contribution in [0, 0.1) is 34.5 Å². The molecule has 29 heavy (non-hydrogen) atoms. The van der Waals surface area contributed by atoms with Crippen LogP contribution < -0.4 is 5.32 Å². The van der Waals surface area contributed by atoms with Gasteiger partial charge in [0.1, 0.15) is 11.9 Å². The van der Waals surface area contributed by atoms with Crippen LogP contribution in [0.3, 0.4) is 0 Å². The van der Waals surface area contributed by atoms with Gasteiger partial charge >= 0.3 is 0 Å². The second-order valence-corrected chi connectivity index (χ2v) is 10.8. The Morgan fingerprint density at radius 1 is 1.10 bits per heavy atom. The predicted molar refractivity (Wildman–Crippen MR) is 115 cm³/mol. The molecule has 0 radical (unpaired) electrons. The number of nitrogens with zero attached hydrogens (tertiary/aromatic N) is 1. The third kappa shape index (κ3) is 3.36. The van der Waals surface area contributed by atoms with Gasteiger partial charge in [-0.3, -0.25) is 4.79 Å². The monoisotopic (exact) mass is 424 g/mol. The number of fused-ring (bicyclic) bond motifs is 5. The summed E-state index contributed by atoms with van der Waals surface area (Å²) in [7, 11) is 0. The summed E-state index contributed by atoms with van der Waals surface area (Å²) in [6, 6.07) is 0. The molecule has 0 aromatic rings. The molecule has 6 heteroatoms. The smallest absolute Gasteiger partial charge is 0.141 e. The summed E-state index contributed by atoms with van der Waals surface area (Å²) in [6.07, 6.45) is 8.80. The van der Waals surface area contributed by atoms with Gasteiger partial charge < -0.3 is 15.3 Å². The Labute approximate surface area is 180 Å². The molecule has 2 N–H and O–H groups in total. The number of aliphatic hydroxyl groups excluding tert-OH is 1. The van der Waals surface area contributed by atoms with Crippen molar-refractivity contribution >= 4 is 23.9 Å². The normalized spacial score (nSPS) is 50.4. The van der Waals surface area contributed by atoms with Crippen molar-refractivity contribution in [1.29, 1.82) is 0 Å². The molecule has 0 bridgehead atoms. The lowest BCUT2D eigenvalue weighted by molar-refractivity contribution is -0.153. The van der Waals surface area contributed by atoms with Gasteiger partial charge in [-0.1, -0.05) is 19.0 Å². The molecule has 5 nitrogen and oxygen atoms in total. The third-order valence-corrected chi connectivity index (χ3v) is 9.57. The fourth-order valence-corrected chi connectivity index (χ4v) is 7.82. The lowest BCUT2D eigenvalue weighted by atomic mass is 9.44. The van der Waals surface area contributed by atoms with Gasteiger partial charge in [0.2, 0.25) is 0 Å². The van der Waals surface area contributed by atoms with Crippen molar-refractivity contribution in [3.63, 3.8) is 0 Å². The minimum atomic E-state index is -0.275. The highest BCUT2D eigenvalue weighted by Gasteiger charge is 2.61. The van der Waals surface area contributed by atoms with Crippen molar-refractivity contribution in [2.24, 2.45) is 39.7 Å². The fourth-order valence-electron chi connectivity index (χ4n) is 7.82. The molecule has 1 saturated heterocycles. The van der Waals surface area contributed by atoms with E-state index in [4.69, 9.17) is 4.84 Å². The van der Waals surface area contributed by atoms with E-state index in [1.54, 1.807) is 0 Å².